The van der Waals surface area contributed by atoms with Gasteiger partial charge >= 0.3 is 5.97 Å². The summed E-state index contributed by atoms with van der Waals surface area (Å²) in [6.45, 7) is 4.38. The van der Waals surface area contributed by atoms with Gasteiger partial charge in [-0.1, -0.05) is 6.92 Å². The fourth-order valence-electron chi connectivity index (χ4n) is 2.01. The first-order chi connectivity index (χ1) is 9.69. The zero-order chi connectivity index (χ0) is 14.5. The molecule has 0 radical (unpaired) electrons. The Hall–Kier alpha value is -2.23. The predicted molar refractivity (Wildman–Crippen MR) is 76.0 cm³/mol. The second-order valence-electron chi connectivity index (χ2n) is 4.25. The minimum absolute atomic E-state index is 0.360. The summed E-state index contributed by atoms with van der Waals surface area (Å²) in [4.78, 5) is 11.9. The molecule has 1 aromatic carbocycles. The third kappa shape index (κ3) is 2.85. The molecule has 0 N–H and O–H groups in total. The SMILES string of the molecule is CCOC(CC)=C1C=C(c2ccc(OC)cc2)OC1=O. The summed E-state index contributed by atoms with van der Waals surface area (Å²) < 4.78 is 15.9. The first-order valence-corrected chi connectivity index (χ1v) is 6.63. The van der Waals surface area contributed by atoms with Crippen LogP contribution in [0.25, 0.3) is 5.76 Å². The van der Waals surface area contributed by atoms with E-state index in [2.05, 4.69) is 0 Å². The Labute approximate surface area is 118 Å². The summed E-state index contributed by atoms with van der Waals surface area (Å²) in [5.74, 6) is 1.61. The maximum Gasteiger partial charge on any atom is 0.347 e. The van der Waals surface area contributed by atoms with Crippen LogP contribution in [0.3, 0.4) is 0 Å². The van der Waals surface area contributed by atoms with Crippen LogP contribution in [0, 0.1) is 0 Å². The van der Waals surface area contributed by atoms with Crippen LogP contribution < -0.4 is 4.74 Å². The lowest BCUT2D eigenvalue weighted by molar-refractivity contribution is -0.131. The van der Waals surface area contributed by atoms with Crippen LogP contribution >= 0.6 is 0 Å². The number of esters is 1. The van der Waals surface area contributed by atoms with E-state index in [4.69, 9.17) is 14.2 Å². The highest BCUT2D eigenvalue weighted by molar-refractivity contribution is 6.01. The Morgan fingerprint density at radius 3 is 2.45 bits per heavy atom. The molecule has 0 saturated carbocycles. The molecule has 0 spiro atoms. The monoisotopic (exact) mass is 274 g/mol. The second kappa shape index (κ2) is 6.28. The van der Waals surface area contributed by atoms with Gasteiger partial charge < -0.3 is 14.2 Å². The number of cyclic esters (lactones) is 1. The van der Waals surface area contributed by atoms with E-state index >= 15 is 0 Å². The molecule has 0 fully saturated rings. The van der Waals surface area contributed by atoms with Crippen LogP contribution in [0.1, 0.15) is 25.8 Å². The molecule has 1 aliphatic heterocycles. The van der Waals surface area contributed by atoms with E-state index in [-0.39, 0.29) is 5.97 Å². The number of rotatable bonds is 5. The third-order valence-electron chi connectivity index (χ3n) is 3.01. The van der Waals surface area contributed by atoms with Gasteiger partial charge in [0.25, 0.3) is 0 Å². The van der Waals surface area contributed by atoms with Gasteiger partial charge in [0.05, 0.1) is 13.7 Å². The number of methoxy groups -OCH3 is 1. The lowest BCUT2D eigenvalue weighted by atomic mass is 10.1. The van der Waals surface area contributed by atoms with Crippen molar-refractivity contribution in [3.05, 3.63) is 47.2 Å². The Kier molecular flexibility index (Phi) is 4.45. The summed E-state index contributed by atoms with van der Waals surface area (Å²) in [5, 5.41) is 0. The minimum atomic E-state index is -0.360. The van der Waals surface area contributed by atoms with Gasteiger partial charge in [-0.3, -0.25) is 0 Å². The standard InChI is InChI=1S/C16H18O4/c1-4-14(19-5-2)13-10-15(20-16(13)17)11-6-8-12(18-3)9-7-11/h6-10H,4-5H2,1-3H3. The number of carbonyl (C=O) groups excluding carboxylic acids is 1. The molecule has 4 heteroatoms. The van der Waals surface area contributed by atoms with Crippen molar-refractivity contribution in [1.29, 1.82) is 0 Å². The lowest BCUT2D eigenvalue weighted by Gasteiger charge is -2.06. The summed E-state index contributed by atoms with van der Waals surface area (Å²) in [6.07, 6.45) is 2.39. The molecule has 1 aromatic rings. The van der Waals surface area contributed by atoms with Gasteiger partial charge in [-0.2, -0.15) is 0 Å². The highest BCUT2D eigenvalue weighted by Gasteiger charge is 2.25. The van der Waals surface area contributed by atoms with E-state index < -0.39 is 0 Å². The lowest BCUT2D eigenvalue weighted by Crippen LogP contribution is -2.03. The molecule has 1 aliphatic rings. The van der Waals surface area contributed by atoms with Crippen LogP contribution in [0.5, 0.6) is 5.75 Å². The summed E-state index contributed by atoms with van der Waals surface area (Å²) >= 11 is 0. The summed E-state index contributed by atoms with van der Waals surface area (Å²) in [5.41, 5.74) is 1.33. The van der Waals surface area contributed by atoms with Gasteiger partial charge in [-0.15, -0.1) is 0 Å². The Morgan fingerprint density at radius 1 is 1.20 bits per heavy atom. The third-order valence-corrected chi connectivity index (χ3v) is 3.01. The maximum atomic E-state index is 11.9. The molecule has 0 bridgehead atoms. The van der Waals surface area contributed by atoms with Crippen LogP contribution in [-0.2, 0) is 14.3 Å². The van der Waals surface area contributed by atoms with Gasteiger partial charge in [-0.25, -0.2) is 4.79 Å². The number of benzene rings is 1. The van der Waals surface area contributed by atoms with Crippen LogP contribution in [0.15, 0.2) is 41.7 Å². The van der Waals surface area contributed by atoms with E-state index in [0.717, 1.165) is 11.3 Å². The van der Waals surface area contributed by atoms with Crippen LogP contribution in [0.4, 0.5) is 0 Å². The van der Waals surface area contributed by atoms with Crippen molar-refractivity contribution in [3.63, 3.8) is 0 Å². The topological polar surface area (TPSA) is 44.8 Å². The van der Waals surface area contributed by atoms with Crippen molar-refractivity contribution in [3.8, 4) is 5.75 Å². The Balaban J connectivity index is 2.31. The Morgan fingerprint density at radius 2 is 1.90 bits per heavy atom. The van der Waals surface area contributed by atoms with Crippen molar-refractivity contribution < 1.29 is 19.0 Å². The predicted octanol–water partition coefficient (Wildman–Crippen LogP) is 3.29. The fourth-order valence-corrected chi connectivity index (χ4v) is 2.01. The average molecular weight is 274 g/mol. The molecule has 0 aromatic heterocycles. The van der Waals surface area contributed by atoms with Gasteiger partial charge in [-0.05, 0) is 37.3 Å². The zero-order valence-electron chi connectivity index (χ0n) is 11.9. The van der Waals surface area contributed by atoms with Crippen molar-refractivity contribution in [2.45, 2.75) is 20.3 Å². The number of ether oxygens (including phenoxy) is 3. The summed E-state index contributed by atoms with van der Waals surface area (Å²) in [7, 11) is 1.61. The largest absolute Gasteiger partial charge is 0.497 e. The Bertz CT molecular complexity index is 552. The number of carbonyl (C=O) groups is 1. The van der Waals surface area contributed by atoms with Gasteiger partial charge in [0.15, 0.2) is 0 Å². The van der Waals surface area contributed by atoms with E-state index in [1.807, 2.05) is 38.1 Å². The average Bonchev–Trinajstić information content (AvgIpc) is 2.87. The molecule has 2 rings (SSSR count). The van der Waals surface area contributed by atoms with Crippen LogP contribution in [-0.4, -0.2) is 19.7 Å². The minimum Gasteiger partial charge on any atom is -0.497 e. The molecule has 0 amide bonds. The second-order valence-corrected chi connectivity index (χ2v) is 4.25. The van der Waals surface area contributed by atoms with Gasteiger partial charge in [0.1, 0.15) is 22.8 Å². The molecule has 0 saturated heterocycles. The van der Waals surface area contributed by atoms with Gasteiger partial charge in [0, 0.05) is 12.0 Å². The van der Waals surface area contributed by atoms with Crippen molar-refractivity contribution in [2.24, 2.45) is 0 Å². The molecular formula is C16H18O4. The first kappa shape index (κ1) is 14.2. The first-order valence-electron chi connectivity index (χ1n) is 6.63. The molecule has 20 heavy (non-hydrogen) atoms. The zero-order valence-corrected chi connectivity index (χ0v) is 11.9. The fraction of sp³-hybridized carbons (Fsp3) is 0.312. The number of hydrogen-bond donors (Lipinski definition) is 0. The molecular weight excluding hydrogens is 256 g/mol. The van der Waals surface area contributed by atoms with Crippen LogP contribution in [0.2, 0.25) is 0 Å². The quantitative estimate of drug-likeness (QED) is 0.469. The van der Waals surface area contributed by atoms with E-state index in [1.54, 1.807) is 13.2 Å². The van der Waals surface area contributed by atoms with E-state index in [9.17, 15) is 4.79 Å². The van der Waals surface area contributed by atoms with Crippen molar-refractivity contribution in [2.75, 3.05) is 13.7 Å². The molecule has 4 nitrogen and oxygen atoms in total. The molecule has 0 aliphatic carbocycles. The summed E-state index contributed by atoms with van der Waals surface area (Å²) in [6, 6.07) is 7.37. The van der Waals surface area contributed by atoms with Gasteiger partial charge in [0.2, 0.25) is 0 Å². The highest BCUT2D eigenvalue weighted by Crippen LogP contribution is 2.29. The molecule has 0 unspecified atom stereocenters. The highest BCUT2D eigenvalue weighted by atomic mass is 16.5. The van der Waals surface area contributed by atoms with Crippen molar-refractivity contribution in [1.82, 2.24) is 0 Å². The molecule has 0 atom stereocenters. The molecule has 1 heterocycles. The smallest absolute Gasteiger partial charge is 0.347 e. The van der Waals surface area contributed by atoms with Crippen molar-refractivity contribution >= 4 is 11.7 Å². The van der Waals surface area contributed by atoms with E-state index in [1.165, 1.54) is 0 Å². The normalized spacial score (nSPS) is 16.6. The maximum absolute atomic E-state index is 11.9. The molecule has 106 valence electrons. The number of hydrogen-bond acceptors (Lipinski definition) is 4. The van der Waals surface area contributed by atoms with E-state index in [0.29, 0.717) is 30.1 Å². The number of allylic oxidation sites excluding steroid dienone is 1.